The van der Waals surface area contributed by atoms with Gasteiger partial charge in [0.2, 0.25) is 5.91 Å². The van der Waals surface area contributed by atoms with E-state index in [0.29, 0.717) is 5.92 Å². The summed E-state index contributed by atoms with van der Waals surface area (Å²) in [6.07, 6.45) is 5.30. The molecule has 156 valence electrons. The number of nitrogens with zero attached hydrogens (tertiary/aromatic N) is 3. The van der Waals surface area contributed by atoms with Crippen LogP contribution in [0.4, 0.5) is 0 Å². The molecule has 2 fully saturated rings. The fourth-order valence-electron chi connectivity index (χ4n) is 4.86. The van der Waals surface area contributed by atoms with Crippen molar-refractivity contribution in [2.24, 2.45) is 18.9 Å². The Morgan fingerprint density at radius 1 is 1.24 bits per heavy atom. The van der Waals surface area contributed by atoms with E-state index in [-0.39, 0.29) is 29.5 Å². The summed E-state index contributed by atoms with van der Waals surface area (Å²) >= 11 is 0. The summed E-state index contributed by atoms with van der Waals surface area (Å²) in [6.45, 7) is 5.06. The van der Waals surface area contributed by atoms with E-state index in [1.165, 1.54) is 0 Å². The molecule has 2 N–H and O–H groups in total. The average molecular weight is 398 g/mol. The number of carbonyl (C=O) groups is 1. The number of fused-ring (bicyclic) bond motifs is 1. The minimum atomic E-state index is -0.0551. The van der Waals surface area contributed by atoms with Crippen LogP contribution in [0.3, 0.4) is 0 Å². The SMILES string of the molecule is Cc1cc2c(cn1)cc(C1CC(C(=O)NC3CCN(C)N3)CCC1C)c(=O)n2C. The van der Waals surface area contributed by atoms with Crippen LogP contribution in [0, 0.1) is 18.8 Å². The molecule has 0 bridgehead atoms. The number of hydrazine groups is 1. The number of carbonyl (C=O) groups excluding carboxylic acids is 1. The number of aryl methyl sites for hydroxylation is 2. The first-order valence-corrected chi connectivity index (χ1v) is 10.6. The molecule has 0 aromatic carbocycles. The van der Waals surface area contributed by atoms with Crippen molar-refractivity contribution in [1.29, 1.82) is 0 Å². The van der Waals surface area contributed by atoms with Gasteiger partial charge in [-0.05, 0) is 56.6 Å². The fraction of sp³-hybridized carbons (Fsp3) is 0.591. The second kappa shape index (κ2) is 7.88. The van der Waals surface area contributed by atoms with Crippen molar-refractivity contribution in [3.63, 3.8) is 0 Å². The lowest BCUT2D eigenvalue weighted by molar-refractivity contribution is -0.127. The lowest BCUT2D eigenvalue weighted by Crippen LogP contribution is -2.47. The van der Waals surface area contributed by atoms with Gasteiger partial charge in [-0.2, -0.15) is 0 Å². The summed E-state index contributed by atoms with van der Waals surface area (Å²) in [5.74, 6) is 0.506. The Labute approximate surface area is 171 Å². The summed E-state index contributed by atoms with van der Waals surface area (Å²) in [5, 5.41) is 6.12. The summed E-state index contributed by atoms with van der Waals surface area (Å²) in [5.41, 5.74) is 5.91. The van der Waals surface area contributed by atoms with Crippen molar-refractivity contribution in [3.8, 4) is 0 Å². The predicted molar refractivity (Wildman–Crippen MR) is 113 cm³/mol. The Balaban J connectivity index is 1.59. The molecule has 2 aromatic heterocycles. The molecule has 4 atom stereocenters. The van der Waals surface area contributed by atoms with Crippen LogP contribution in [0.15, 0.2) is 23.1 Å². The van der Waals surface area contributed by atoms with Crippen LogP contribution in [0.25, 0.3) is 10.9 Å². The molecule has 2 aliphatic rings. The van der Waals surface area contributed by atoms with Crippen molar-refractivity contribution in [2.45, 2.75) is 51.6 Å². The van der Waals surface area contributed by atoms with E-state index in [0.717, 1.165) is 54.4 Å². The van der Waals surface area contributed by atoms with E-state index >= 15 is 0 Å². The van der Waals surface area contributed by atoms with Gasteiger partial charge in [0.25, 0.3) is 5.56 Å². The van der Waals surface area contributed by atoms with Crippen molar-refractivity contribution >= 4 is 16.8 Å². The largest absolute Gasteiger partial charge is 0.339 e. The molecule has 0 spiro atoms. The number of hydrogen-bond donors (Lipinski definition) is 2. The first kappa shape index (κ1) is 20.0. The van der Waals surface area contributed by atoms with Crippen LogP contribution < -0.4 is 16.3 Å². The van der Waals surface area contributed by atoms with E-state index in [2.05, 4.69) is 22.7 Å². The Morgan fingerprint density at radius 3 is 2.76 bits per heavy atom. The molecular weight excluding hydrogens is 366 g/mol. The molecule has 29 heavy (non-hydrogen) atoms. The third kappa shape index (κ3) is 3.94. The highest BCUT2D eigenvalue weighted by atomic mass is 16.2. The summed E-state index contributed by atoms with van der Waals surface area (Å²) in [6, 6.07) is 3.95. The Hall–Kier alpha value is -2.25. The van der Waals surface area contributed by atoms with Crippen LogP contribution in [0.1, 0.15) is 49.8 Å². The van der Waals surface area contributed by atoms with Crippen molar-refractivity contribution in [1.82, 2.24) is 25.3 Å². The molecular formula is C22H31N5O2. The molecule has 4 rings (SSSR count). The Kier molecular flexibility index (Phi) is 5.44. The van der Waals surface area contributed by atoms with Gasteiger partial charge in [-0.3, -0.25) is 14.6 Å². The number of rotatable bonds is 3. The van der Waals surface area contributed by atoms with Gasteiger partial charge in [-0.25, -0.2) is 10.4 Å². The summed E-state index contributed by atoms with van der Waals surface area (Å²) in [4.78, 5) is 30.4. The van der Waals surface area contributed by atoms with Crippen LogP contribution >= 0.6 is 0 Å². The minimum absolute atomic E-state index is 0.00755. The van der Waals surface area contributed by atoms with E-state index in [9.17, 15) is 9.59 Å². The molecule has 1 aliphatic carbocycles. The van der Waals surface area contributed by atoms with E-state index < -0.39 is 0 Å². The smallest absolute Gasteiger partial charge is 0.254 e. The Bertz CT molecular complexity index is 985. The molecule has 2 aromatic rings. The van der Waals surface area contributed by atoms with Gasteiger partial charge in [0.15, 0.2) is 0 Å². The summed E-state index contributed by atoms with van der Waals surface area (Å²) in [7, 11) is 3.81. The molecule has 1 saturated carbocycles. The number of pyridine rings is 2. The van der Waals surface area contributed by atoms with Gasteiger partial charge >= 0.3 is 0 Å². The number of nitrogens with one attached hydrogen (secondary N) is 2. The number of hydrogen-bond acceptors (Lipinski definition) is 5. The second-order valence-corrected chi connectivity index (χ2v) is 8.84. The first-order chi connectivity index (χ1) is 13.8. The Morgan fingerprint density at radius 2 is 2.03 bits per heavy atom. The summed E-state index contributed by atoms with van der Waals surface area (Å²) < 4.78 is 1.73. The standard InChI is InChI=1S/C22H31N5O2/c1-13-5-6-15(21(28)24-20-7-8-26(3)25-20)10-17(13)18-11-16-12-23-14(2)9-19(16)27(4)22(18)29/h9,11-13,15,17,20,25H,5-8,10H2,1-4H3,(H,24,28). The lowest BCUT2D eigenvalue weighted by Gasteiger charge is -2.34. The van der Waals surface area contributed by atoms with E-state index in [4.69, 9.17) is 0 Å². The molecule has 7 nitrogen and oxygen atoms in total. The number of aromatic nitrogens is 2. The monoisotopic (exact) mass is 397 g/mol. The molecule has 0 radical (unpaired) electrons. The lowest BCUT2D eigenvalue weighted by atomic mass is 9.71. The molecule has 4 unspecified atom stereocenters. The average Bonchev–Trinajstić information content (AvgIpc) is 3.10. The normalized spacial score (nSPS) is 28.0. The highest BCUT2D eigenvalue weighted by Crippen LogP contribution is 2.40. The van der Waals surface area contributed by atoms with Crippen molar-refractivity contribution < 1.29 is 4.79 Å². The molecule has 1 aliphatic heterocycles. The molecule has 1 amide bonds. The van der Waals surface area contributed by atoms with Crippen LogP contribution in [-0.2, 0) is 11.8 Å². The first-order valence-electron chi connectivity index (χ1n) is 10.6. The van der Waals surface area contributed by atoms with Gasteiger partial charge in [-0.1, -0.05) is 6.92 Å². The molecule has 1 saturated heterocycles. The quantitative estimate of drug-likeness (QED) is 0.829. The van der Waals surface area contributed by atoms with Crippen molar-refractivity contribution in [3.05, 3.63) is 39.9 Å². The second-order valence-electron chi connectivity index (χ2n) is 8.84. The van der Waals surface area contributed by atoms with Gasteiger partial charge in [0, 0.05) is 49.4 Å². The maximum atomic E-state index is 13.2. The van der Waals surface area contributed by atoms with Crippen LogP contribution in [0.2, 0.25) is 0 Å². The zero-order valence-corrected chi connectivity index (χ0v) is 17.7. The van der Waals surface area contributed by atoms with Crippen molar-refractivity contribution in [2.75, 3.05) is 13.6 Å². The highest BCUT2D eigenvalue weighted by Gasteiger charge is 2.35. The van der Waals surface area contributed by atoms with Gasteiger partial charge < -0.3 is 9.88 Å². The van der Waals surface area contributed by atoms with Gasteiger partial charge in [0.1, 0.15) is 0 Å². The topological polar surface area (TPSA) is 79.3 Å². The van der Waals surface area contributed by atoms with Gasteiger partial charge in [0.05, 0.1) is 11.7 Å². The third-order valence-electron chi connectivity index (χ3n) is 6.68. The molecule has 7 heteroatoms. The maximum absolute atomic E-state index is 13.2. The fourth-order valence-corrected chi connectivity index (χ4v) is 4.86. The predicted octanol–water partition coefficient (Wildman–Crippen LogP) is 2.04. The van der Waals surface area contributed by atoms with E-state index in [1.807, 2.05) is 44.4 Å². The minimum Gasteiger partial charge on any atom is -0.339 e. The van der Waals surface area contributed by atoms with Crippen LogP contribution in [0.5, 0.6) is 0 Å². The zero-order chi connectivity index (χ0) is 20.7. The molecule has 3 heterocycles. The third-order valence-corrected chi connectivity index (χ3v) is 6.68. The van der Waals surface area contributed by atoms with E-state index in [1.54, 1.807) is 4.57 Å². The van der Waals surface area contributed by atoms with Gasteiger partial charge in [-0.15, -0.1) is 0 Å². The number of amides is 1. The highest BCUT2D eigenvalue weighted by molar-refractivity contribution is 5.80. The zero-order valence-electron chi connectivity index (χ0n) is 17.7. The van der Waals surface area contributed by atoms with Crippen LogP contribution in [-0.4, -0.2) is 40.2 Å². The maximum Gasteiger partial charge on any atom is 0.254 e.